The molecule has 1 aromatic heterocycles. The number of nitrogens with one attached hydrogen (secondary N) is 1. The summed E-state index contributed by atoms with van der Waals surface area (Å²) < 4.78 is 4.85. The normalized spacial score (nSPS) is 15.8. The molecule has 0 atom stereocenters. The third kappa shape index (κ3) is 5.86. The molecule has 1 fully saturated rings. The molecule has 136 valence electrons. The predicted molar refractivity (Wildman–Crippen MR) is 110 cm³/mol. The Hall–Kier alpha value is -1.32. The van der Waals surface area contributed by atoms with Gasteiger partial charge in [-0.2, -0.15) is 0 Å². The van der Waals surface area contributed by atoms with Crippen LogP contribution in [0.2, 0.25) is 5.02 Å². The molecule has 1 aromatic carbocycles. The maximum atomic E-state index is 6.06. The highest BCUT2D eigenvalue weighted by Gasteiger charge is 2.19. The Labute approximate surface area is 170 Å². The van der Waals surface area contributed by atoms with Gasteiger partial charge in [-0.3, -0.25) is 9.89 Å². The minimum Gasteiger partial charge on any atom is -0.364 e. The first kappa shape index (κ1) is 20.0. The van der Waals surface area contributed by atoms with Crippen LogP contribution in [0.3, 0.4) is 0 Å². The van der Waals surface area contributed by atoms with Gasteiger partial charge in [0.2, 0.25) is 0 Å². The summed E-state index contributed by atoms with van der Waals surface area (Å²) in [6, 6.07) is 9.92. The number of nitrogens with zero attached hydrogens (tertiary/aromatic N) is 4. The molecule has 8 heteroatoms. The summed E-state index contributed by atoms with van der Waals surface area (Å²) >= 11 is 6.06. The Balaban J connectivity index is 0.00000225. The zero-order valence-electron chi connectivity index (χ0n) is 14.2. The van der Waals surface area contributed by atoms with Crippen molar-refractivity contribution >= 4 is 41.5 Å². The summed E-state index contributed by atoms with van der Waals surface area (Å²) in [5, 5.41) is 8.03. The monoisotopic (exact) mass is 475 g/mol. The number of hydrogen-bond donors (Lipinski definition) is 1. The zero-order valence-corrected chi connectivity index (χ0v) is 17.3. The van der Waals surface area contributed by atoms with E-state index in [0.717, 1.165) is 49.4 Å². The molecular weight excluding hydrogens is 453 g/mol. The van der Waals surface area contributed by atoms with Crippen LogP contribution in [-0.2, 0) is 13.1 Å². The van der Waals surface area contributed by atoms with E-state index < -0.39 is 0 Å². The zero-order chi connectivity index (χ0) is 16.8. The van der Waals surface area contributed by atoms with E-state index >= 15 is 0 Å². The fraction of sp³-hybridized carbons (Fsp3) is 0.412. The molecule has 0 spiro atoms. The number of aromatic nitrogens is 1. The topological polar surface area (TPSA) is 56.9 Å². The number of guanidine groups is 1. The summed E-state index contributed by atoms with van der Waals surface area (Å²) in [7, 11) is 1.81. The molecule has 2 aromatic rings. The lowest BCUT2D eigenvalue weighted by Gasteiger charge is -2.36. The Kier molecular flexibility index (Phi) is 7.98. The molecule has 1 N–H and O–H groups in total. The Bertz CT molecular complexity index is 671. The van der Waals surface area contributed by atoms with Gasteiger partial charge in [-0.1, -0.05) is 28.9 Å². The fourth-order valence-corrected chi connectivity index (χ4v) is 3.05. The molecule has 25 heavy (non-hydrogen) atoms. The number of halogens is 2. The third-order valence-corrected chi connectivity index (χ3v) is 4.33. The molecule has 0 bridgehead atoms. The van der Waals surface area contributed by atoms with Crippen LogP contribution >= 0.6 is 35.6 Å². The van der Waals surface area contributed by atoms with Crippen molar-refractivity contribution in [1.29, 1.82) is 0 Å². The SMILES string of the molecule is CN=C(NCc1ccon1)N1CCN(Cc2cccc(Cl)c2)CC1.I. The molecule has 0 aliphatic carbocycles. The number of benzene rings is 1. The first-order chi connectivity index (χ1) is 11.7. The van der Waals surface area contributed by atoms with Gasteiger partial charge in [0.05, 0.1) is 6.54 Å². The second-order valence-electron chi connectivity index (χ2n) is 5.78. The molecule has 0 amide bonds. The fourth-order valence-electron chi connectivity index (χ4n) is 2.84. The highest BCUT2D eigenvalue weighted by Crippen LogP contribution is 2.14. The van der Waals surface area contributed by atoms with Crippen LogP contribution in [0.25, 0.3) is 0 Å². The lowest BCUT2D eigenvalue weighted by atomic mass is 10.2. The number of piperazine rings is 1. The summed E-state index contributed by atoms with van der Waals surface area (Å²) in [5.41, 5.74) is 2.13. The highest BCUT2D eigenvalue weighted by atomic mass is 127. The van der Waals surface area contributed by atoms with Gasteiger partial charge >= 0.3 is 0 Å². The summed E-state index contributed by atoms with van der Waals surface area (Å²) in [6.45, 7) is 5.43. The average molecular weight is 476 g/mol. The smallest absolute Gasteiger partial charge is 0.194 e. The van der Waals surface area contributed by atoms with E-state index in [1.54, 1.807) is 6.26 Å². The quantitative estimate of drug-likeness (QED) is 0.419. The number of aliphatic imine (C=N–C) groups is 1. The molecule has 6 nitrogen and oxygen atoms in total. The third-order valence-electron chi connectivity index (χ3n) is 4.10. The predicted octanol–water partition coefficient (Wildman–Crippen LogP) is 2.84. The van der Waals surface area contributed by atoms with Crippen LogP contribution in [-0.4, -0.2) is 54.1 Å². The van der Waals surface area contributed by atoms with Gasteiger partial charge < -0.3 is 14.7 Å². The Morgan fingerprint density at radius 2 is 2.08 bits per heavy atom. The molecule has 3 rings (SSSR count). The second-order valence-corrected chi connectivity index (χ2v) is 6.22. The summed E-state index contributed by atoms with van der Waals surface area (Å²) in [6.07, 6.45) is 1.58. The summed E-state index contributed by atoms with van der Waals surface area (Å²) in [5.74, 6) is 0.903. The van der Waals surface area contributed by atoms with Crippen LogP contribution in [0.15, 0.2) is 46.1 Å². The van der Waals surface area contributed by atoms with E-state index in [-0.39, 0.29) is 24.0 Å². The van der Waals surface area contributed by atoms with Crippen molar-refractivity contribution in [2.75, 3.05) is 33.2 Å². The average Bonchev–Trinajstić information content (AvgIpc) is 3.10. The molecule has 0 radical (unpaired) electrons. The van der Waals surface area contributed by atoms with Gasteiger partial charge in [-0.15, -0.1) is 24.0 Å². The maximum absolute atomic E-state index is 6.06. The van der Waals surface area contributed by atoms with Crippen molar-refractivity contribution in [3.8, 4) is 0 Å². The largest absolute Gasteiger partial charge is 0.364 e. The molecular formula is C17H23ClIN5O. The summed E-state index contributed by atoms with van der Waals surface area (Å²) in [4.78, 5) is 9.08. The lowest BCUT2D eigenvalue weighted by molar-refractivity contribution is 0.172. The first-order valence-electron chi connectivity index (χ1n) is 8.06. The number of rotatable bonds is 4. The molecule has 0 saturated carbocycles. The van der Waals surface area contributed by atoms with Gasteiger partial charge in [0.1, 0.15) is 12.0 Å². The first-order valence-corrected chi connectivity index (χ1v) is 8.44. The highest BCUT2D eigenvalue weighted by molar-refractivity contribution is 14.0. The van der Waals surface area contributed by atoms with E-state index in [0.29, 0.717) is 6.54 Å². The molecule has 1 saturated heterocycles. The van der Waals surface area contributed by atoms with Crippen molar-refractivity contribution in [3.63, 3.8) is 0 Å². The molecule has 2 heterocycles. The van der Waals surface area contributed by atoms with Gasteiger partial charge in [-0.05, 0) is 17.7 Å². The van der Waals surface area contributed by atoms with Crippen LogP contribution < -0.4 is 5.32 Å². The van der Waals surface area contributed by atoms with Crippen LogP contribution in [0.4, 0.5) is 0 Å². The van der Waals surface area contributed by atoms with Crippen molar-refractivity contribution in [3.05, 3.63) is 52.9 Å². The van der Waals surface area contributed by atoms with Gasteiger partial charge in [-0.25, -0.2) is 0 Å². The Morgan fingerprint density at radius 1 is 1.28 bits per heavy atom. The van der Waals surface area contributed by atoms with Gasteiger partial charge in [0.25, 0.3) is 0 Å². The van der Waals surface area contributed by atoms with Crippen molar-refractivity contribution in [2.45, 2.75) is 13.1 Å². The van der Waals surface area contributed by atoms with Crippen LogP contribution in [0.1, 0.15) is 11.3 Å². The standard InChI is InChI=1S/C17H22ClN5O.HI/c1-19-17(20-12-16-5-10-24-21-16)23-8-6-22(7-9-23)13-14-3-2-4-15(18)11-14;/h2-5,10-11H,6-9,12-13H2,1H3,(H,19,20);1H. The second kappa shape index (κ2) is 9.98. The lowest BCUT2D eigenvalue weighted by Crippen LogP contribution is -2.52. The van der Waals surface area contributed by atoms with Crippen molar-refractivity contribution in [2.24, 2.45) is 4.99 Å². The van der Waals surface area contributed by atoms with E-state index in [1.807, 2.05) is 31.3 Å². The van der Waals surface area contributed by atoms with E-state index in [9.17, 15) is 0 Å². The van der Waals surface area contributed by atoms with E-state index in [1.165, 1.54) is 5.56 Å². The maximum Gasteiger partial charge on any atom is 0.194 e. The van der Waals surface area contributed by atoms with E-state index in [2.05, 4.69) is 31.3 Å². The van der Waals surface area contributed by atoms with Crippen LogP contribution in [0.5, 0.6) is 0 Å². The molecule has 1 aliphatic rings. The number of hydrogen-bond acceptors (Lipinski definition) is 4. The Morgan fingerprint density at radius 3 is 2.72 bits per heavy atom. The minimum absolute atomic E-state index is 0. The van der Waals surface area contributed by atoms with Crippen LogP contribution in [0, 0.1) is 0 Å². The molecule has 0 unspecified atom stereocenters. The van der Waals surface area contributed by atoms with Gasteiger partial charge in [0.15, 0.2) is 5.96 Å². The van der Waals surface area contributed by atoms with Crippen molar-refractivity contribution < 1.29 is 4.52 Å². The molecule has 1 aliphatic heterocycles. The minimum atomic E-state index is 0. The van der Waals surface area contributed by atoms with Crippen molar-refractivity contribution in [1.82, 2.24) is 20.3 Å². The van der Waals surface area contributed by atoms with Gasteiger partial charge in [0, 0.05) is 50.9 Å². The van der Waals surface area contributed by atoms with E-state index in [4.69, 9.17) is 16.1 Å².